The third-order valence-corrected chi connectivity index (χ3v) is 2.76. The van der Waals surface area contributed by atoms with Gasteiger partial charge in [0.1, 0.15) is 0 Å². The zero-order valence-electron chi connectivity index (χ0n) is 8.45. The summed E-state index contributed by atoms with van der Waals surface area (Å²) >= 11 is 9.02. The third-order valence-electron chi connectivity index (χ3n) is 1.81. The molecule has 2 rings (SSSR count). The minimum atomic E-state index is 0.840. The van der Waals surface area contributed by atoms with Gasteiger partial charge in [-0.25, -0.2) is 0 Å². The lowest BCUT2D eigenvalue weighted by Crippen LogP contribution is -1.68. The Bertz CT molecular complexity index is 377. The fraction of sp³-hybridized carbons (Fsp3) is 0.0769. The maximum absolute atomic E-state index is 5.71. The first kappa shape index (κ1) is 12.3. The van der Waals surface area contributed by atoms with E-state index in [1.54, 1.807) is 0 Å². The van der Waals surface area contributed by atoms with Crippen molar-refractivity contribution in [2.24, 2.45) is 0 Å². The van der Waals surface area contributed by atoms with Crippen molar-refractivity contribution in [2.45, 2.75) is 6.92 Å². The summed E-state index contributed by atoms with van der Waals surface area (Å²) < 4.78 is 1.13. The van der Waals surface area contributed by atoms with Gasteiger partial charge in [0.05, 0.1) is 0 Å². The first-order valence-electron chi connectivity index (χ1n) is 4.62. The van der Waals surface area contributed by atoms with E-state index in [-0.39, 0.29) is 0 Å². The van der Waals surface area contributed by atoms with E-state index in [9.17, 15) is 0 Å². The van der Waals surface area contributed by atoms with Crippen LogP contribution < -0.4 is 0 Å². The predicted octanol–water partition coefficient (Wildman–Crippen LogP) is 5.10. The van der Waals surface area contributed by atoms with Gasteiger partial charge in [-0.3, -0.25) is 0 Å². The Hall–Kier alpha value is -0.790. The second-order valence-electron chi connectivity index (χ2n) is 3.04. The van der Waals surface area contributed by atoms with Crippen LogP contribution in [-0.4, -0.2) is 0 Å². The monoisotopic (exact) mass is 282 g/mol. The van der Waals surface area contributed by atoms with Gasteiger partial charge in [-0.1, -0.05) is 63.9 Å². The number of aryl methyl sites for hydroxylation is 1. The molecule has 0 aliphatic rings. The first-order chi connectivity index (χ1) is 7.20. The fourth-order valence-corrected chi connectivity index (χ4v) is 1.41. The minimum absolute atomic E-state index is 0.840. The van der Waals surface area contributed by atoms with E-state index in [0.717, 1.165) is 15.1 Å². The van der Waals surface area contributed by atoms with Crippen molar-refractivity contribution in [1.29, 1.82) is 0 Å². The molecule has 0 aromatic heterocycles. The number of hydrogen-bond acceptors (Lipinski definition) is 0. The maximum Gasteiger partial charge on any atom is 0.0435 e. The zero-order valence-corrected chi connectivity index (χ0v) is 10.8. The highest BCUT2D eigenvalue weighted by Crippen LogP contribution is 2.11. The molecule has 0 bridgehead atoms. The van der Waals surface area contributed by atoms with Crippen molar-refractivity contribution in [3.63, 3.8) is 0 Å². The Balaban J connectivity index is 0.000000151. The summed E-state index contributed by atoms with van der Waals surface area (Å²) in [6.07, 6.45) is 0. The highest BCUT2D eigenvalue weighted by Gasteiger charge is 1.86. The molecular formula is C13H12BrCl. The van der Waals surface area contributed by atoms with E-state index in [0.29, 0.717) is 0 Å². The molecule has 78 valence electrons. The third kappa shape index (κ3) is 5.01. The fourth-order valence-electron chi connectivity index (χ4n) is 0.966. The smallest absolute Gasteiger partial charge is 0.0435 e. The second kappa shape index (κ2) is 6.65. The van der Waals surface area contributed by atoms with Crippen LogP contribution in [0.4, 0.5) is 0 Å². The topological polar surface area (TPSA) is 0 Å². The van der Waals surface area contributed by atoms with Crippen molar-refractivity contribution >= 4 is 27.5 Å². The molecule has 0 saturated carbocycles. The quantitative estimate of drug-likeness (QED) is 0.631. The van der Waals surface area contributed by atoms with Gasteiger partial charge in [0.2, 0.25) is 0 Å². The molecule has 0 radical (unpaired) electrons. The van der Waals surface area contributed by atoms with Crippen LogP contribution in [0.2, 0.25) is 5.02 Å². The lowest BCUT2D eigenvalue weighted by Gasteiger charge is -1.90. The zero-order chi connectivity index (χ0) is 11.1. The molecule has 0 heterocycles. The molecule has 0 saturated heterocycles. The second-order valence-corrected chi connectivity index (χ2v) is 4.37. The first-order valence-corrected chi connectivity index (χ1v) is 5.79. The minimum Gasteiger partial charge on any atom is -0.0841 e. The molecule has 0 fully saturated rings. The molecule has 0 nitrogen and oxygen atoms in total. The molecule has 0 N–H and O–H groups in total. The molecule has 2 heteroatoms. The Labute approximate surface area is 104 Å². The lowest BCUT2D eigenvalue weighted by molar-refractivity contribution is 1.47. The molecule has 0 spiro atoms. The average Bonchev–Trinajstić information content (AvgIpc) is 2.25. The number of hydrogen-bond donors (Lipinski definition) is 0. The van der Waals surface area contributed by atoms with Gasteiger partial charge >= 0.3 is 0 Å². The van der Waals surface area contributed by atoms with Gasteiger partial charge < -0.3 is 0 Å². The van der Waals surface area contributed by atoms with Crippen molar-refractivity contribution in [2.75, 3.05) is 0 Å². The molecule has 0 aliphatic heterocycles. The molecule has 0 unspecified atom stereocenters. The summed E-state index contributed by atoms with van der Waals surface area (Å²) in [6, 6.07) is 17.7. The highest BCUT2D eigenvalue weighted by molar-refractivity contribution is 9.10. The van der Waals surface area contributed by atoms with E-state index >= 15 is 0 Å². The van der Waals surface area contributed by atoms with E-state index in [2.05, 4.69) is 15.9 Å². The van der Waals surface area contributed by atoms with Crippen LogP contribution in [0.1, 0.15) is 5.56 Å². The van der Waals surface area contributed by atoms with Gasteiger partial charge in [-0.05, 0) is 30.7 Å². The van der Waals surface area contributed by atoms with Crippen LogP contribution in [0, 0.1) is 6.92 Å². The number of halogens is 2. The molecule has 15 heavy (non-hydrogen) atoms. The van der Waals surface area contributed by atoms with Crippen molar-refractivity contribution in [3.8, 4) is 0 Å². The van der Waals surface area contributed by atoms with Crippen LogP contribution >= 0.6 is 27.5 Å². The van der Waals surface area contributed by atoms with Crippen LogP contribution in [0.15, 0.2) is 59.1 Å². The standard InChI is InChI=1S/C7H7Cl.C6H5Br/c1-6-4-2-3-5-7(6)8;7-6-4-2-1-3-5-6/h2-5H,1H3;1-5H. The van der Waals surface area contributed by atoms with Gasteiger partial charge in [-0.2, -0.15) is 0 Å². The molecular weight excluding hydrogens is 271 g/mol. The summed E-state index contributed by atoms with van der Waals surface area (Å²) in [5.74, 6) is 0. The van der Waals surface area contributed by atoms with Gasteiger partial charge in [0.15, 0.2) is 0 Å². The summed E-state index contributed by atoms with van der Waals surface area (Å²) in [5, 5.41) is 0.840. The Kier molecular flexibility index (Phi) is 5.44. The molecule has 0 atom stereocenters. The summed E-state index contributed by atoms with van der Waals surface area (Å²) in [5.41, 5.74) is 1.13. The van der Waals surface area contributed by atoms with Crippen molar-refractivity contribution in [3.05, 3.63) is 69.7 Å². The Morgan fingerprint density at radius 3 is 1.73 bits per heavy atom. The van der Waals surface area contributed by atoms with Crippen molar-refractivity contribution < 1.29 is 0 Å². The molecule has 2 aromatic carbocycles. The van der Waals surface area contributed by atoms with E-state index in [1.807, 2.05) is 61.5 Å². The highest BCUT2D eigenvalue weighted by atomic mass is 79.9. The SMILES string of the molecule is Brc1ccccc1.Cc1ccccc1Cl. The van der Waals surface area contributed by atoms with Crippen LogP contribution in [0.5, 0.6) is 0 Å². The van der Waals surface area contributed by atoms with E-state index < -0.39 is 0 Å². The summed E-state index contributed by atoms with van der Waals surface area (Å²) in [6.45, 7) is 1.99. The van der Waals surface area contributed by atoms with Crippen LogP contribution in [0.3, 0.4) is 0 Å². The van der Waals surface area contributed by atoms with Gasteiger partial charge in [0.25, 0.3) is 0 Å². The van der Waals surface area contributed by atoms with E-state index in [1.165, 1.54) is 0 Å². The maximum atomic E-state index is 5.71. The Morgan fingerprint density at radius 2 is 1.40 bits per heavy atom. The van der Waals surface area contributed by atoms with Crippen molar-refractivity contribution in [1.82, 2.24) is 0 Å². The normalized spacial score (nSPS) is 9.00. The van der Waals surface area contributed by atoms with Gasteiger partial charge in [-0.15, -0.1) is 0 Å². The lowest BCUT2D eigenvalue weighted by atomic mass is 10.2. The molecule has 2 aromatic rings. The van der Waals surface area contributed by atoms with Crippen LogP contribution in [-0.2, 0) is 0 Å². The van der Waals surface area contributed by atoms with Crippen LogP contribution in [0.25, 0.3) is 0 Å². The van der Waals surface area contributed by atoms with E-state index in [4.69, 9.17) is 11.6 Å². The summed E-state index contributed by atoms with van der Waals surface area (Å²) in [4.78, 5) is 0. The number of benzene rings is 2. The summed E-state index contributed by atoms with van der Waals surface area (Å²) in [7, 11) is 0. The average molecular weight is 284 g/mol. The largest absolute Gasteiger partial charge is 0.0841 e. The van der Waals surface area contributed by atoms with Gasteiger partial charge in [0, 0.05) is 9.50 Å². The molecule has 0 aliphatic carbocycles. The predicted molar refractivity (Wildman–Crippen MR) is 70.3 cm³/mol. The molecule has 0 amide bonds. The number of rotatable bonds is 0. The Morgan fingerprint density at radius 1 is 0.867 bits per heavy atom.